The van der Waals surface area contributed by atoms with Gasteiger partial charge in [-0.05, 0) is 61.8 Å². The quantitative estimate of drug-likeness (QED) is 0.573. The van der Waals surface area contributed by atoms with Crippen molar-refractivity contribution in [3.8, 4) is 11.1 Å². The third kappa shape index (κ3) is 2.82. The first kappa shape index (κ1) is 17.2. The first-order chi connectivity index (χ1) is 13.6. The molecule has 0 atom stereocenters. The van der Waals surface area contributed by atoms with Gasteiger partial charge in [0.15, 0.2) is 0 Å². The smallest absolute Gasteiger partial charge is 0.142 e. The largest absolute Gasteiger partial charge is 0.317 e. The lowest BCUT2D eigenvalue weighted by molar-refractivity contribution is 0.451. The molecule has 3 heterocycles. The van der Waals surface area contributed by atoms with E-state index in [0.29, 0.717) is 38.9 Å². The molecule has 0 spiro atoms. The summed E-state index contributed by atoms with van der Waals surface area (Å²) in [6, 6.07) is 8.22. The first-order valence-electron chi connectivity index (χ1n) is 9.40. The maximum absolute atomic E-state index is 15.0. The molecule has 5 rings (SSSR count). The second-order valence-corrected chi connectivity index (χ2v) is 7.35. The fraction of sp³-hybridized carbons (Fsp3) is 0.286. The molecule has 0 saturated carbocycles. The molecular formula is C21H19F2N5. The van der Waals surface area contributed by atoms with Crippen molar-refractivity contribution in [3.05, 3.63) is 53.9 Å². The van der Waals surface area contributed by atoms with Crippen LogP contribution in [-0.4, -0.2) is 33.1 Å². The predicted molar refractivity (Wildman–Crippen MR) is 104 cm³/mol. The minimum absolute atomic E-state index is 0.294. The average molecular weight is 379 g/mol. The Bertz CT molecular complexity index is 1190. The summed E-state index contributed by atoms with van der Waals surface area (Å²) in [5.41, 5.74) is 2.58. The summed E-state index contributed by atoms with van der Waals surface area (Å²) in [5, 5.41) is 16.9. The van der Waals surface area contributed by atoms with Crippen molar-refractivity contribution in [2.24, 2.45) is 7.05 Å². The van der Waals surface area contributed by atoms with Crippen molar-refractivity contribution in [2.45, 2.75) is 18.8 Å². The van der Waals surface area contributed by atoms with Crippen LogP contribution in [0.25, 0.3) is 32.9 Å². The highest BCUT2D eigenvalue weighted by atomic mass is 19.1. The Balaban J connectivity index is 1.60. The Morgan fingerprint density at radius 2 is 1.82 bits per heavy atom. The number of aryl methyl sites for hydroxylation is 1. The maximum Gasteiger partial charge on any atom is 0.142 e. The van der Waals surface area contributed by atoms with E-state index in [2.05, 4.69) is 20.6 Å². The van der Waals surface area contributed by atoms with Gasteiger partial charge in [0, 0.05) is 30.1 Å². The number of hydrogen-bond acceptors (Lipinski definition) is 4. The Morgan fingerprint density at radius 1 is 1.00 bits per heavy atom. The highest BCUT2D eigenvalue weighted by Crippen LogP contribution is 2.32. The topological polar surface area (TPSA) is 55.6 Å². The molecule has 0 unspecified atom stereocenters. The summed E-state index contributed by atoms with van der Waals surface area (Å²) >= 11 is 0. The molecule has 1 N–H and O–H groups in total. The van der Waals surface area contributed by atoms with Crippen molar-refractivity contribution >= 4 is 21.8 Å². The third-order valence-corrected chi connectivity index (χ3v) is 5.48. The molecule has 0 aliphatic carbocycles. The van der Waals surface area contributed by atoms with Gasteiger partial charge in [-0.3, -0.25) is 4.68 Å². The van der Waals surface area contributed by atoms with Gasteiger partial charge in [-0.25, -0.2) is 8.78 Å². The molecule has 28 heavy (non-hydrogen) atoms. The van der Waals surface area contributed by atoms with Crippen molar-refractivity contribution in [1.29, 1.82) is 0 Å². The van der Waals surface area contributed by atoms with Crippen LogP contribution in [0.5, 0.6) is 0 Å². The van der Waals surface area contributed by atoms with Gasteiger partial charge < -0.3 is 5.32 Å². The number of piperidine rings is 1. The van der Waals surface area contributed by atoms with Crippen LogP contribution in [0.2, 0.25) is 0 Å². The molecule has 1 fully saturated rings. The summed E-state index contributed by atoms with van der Waals surface area (Å²) in [6.07, 6.45) is 3.56. The molecule has 4 aromatic rings. The second-order valence-electron chi connectivity index (χ2n) is 7.35. The van der Waals surface area contributed by atoms with Crippen molar-refractivity contribution in [2.75, 3.05) is 13.1 Å². The Labute approximate surface area is 160 Å². The van der Waals surface area contributed by atoms with Crippen LogP contribution in [0.3, 0.4) is 0 Å². The van der Waals surface area contributed by atoms with Gasteiger partial charge in [0.1, 0.15) is 11.6 Å². The van der Waals surface area contributed by atoms with E-state index >= 15 is 0 Å². The van der Waals surface area contributed by atoms with Gasteiger partial charge in [0.05, 0.1) is 22.1 Å². The van der Waals surface area contributed by atoms with E-state index in [1.807, 2.05) is 0 Å². The van der Waals surface area contributed by atoms with E-state index in [4.69, 9.17) is 0 Å². The summed E-state index contributed by atoms with van der Waals surface area (Å²) in [4.78, 5) is 0. The van der Waals surface area contributed by atoms with E-state index in [-0.39, 0.29) is 0 Å². The summed E-state index contributed by atoms with van der Waals surface area (Å²) in [6.45, 7) is 1.86. The Hall–Kier alpha value is -2.93. The van der Waals surface area contributed by atoms with E-state index < -0.39 is 11.6 Å². The number of aromatic nitrogens is 4. The minimum atomic E-state index is -0.414. The number of nitrogens with zero attached hydrogens (tertiary/aromatic N) is 4. The van der Waals surface area contributed by atoms with Gasteiger partial charge in [-0.15, -0.1) is 0 Å². The summed E-state index contributed by atoms with van der Waals surface area (Å²) < 4.78 is 31.5. The fourth-order valence-corrected chi connectivity index (χ4v) is 3.99. The van der Waals surface area contributed by atoms with Crippen molar-refractivity contribution in [1.82, 2.24) is 25.3 Å². The van der Waals surface area contributed by atoms with Crippen LogP contribution in [0, 0.1) is 11.6 Å². The Kier molecular flexibility index (Phi) is 4.05. The van der Waals surface area contributed by atoms with Crippen LogP contribution in [0.1, 0.15) is 24.5 Å². The van der Waals surface area contributed by atoms with Gasteiger partial charge in [-0.2, -0.15) is 15.3 Å². The molecule has 2 aromatic heterocycles. The van der Waals surface area contributed by atoms with E-state index in [1.165, 1.54) is 6.07 Å². The summed E-state index contributed by atoms with van der Waals surface area (Å²) in [7, 11) is 1.74. The molecule has 0 radical (unpaired) electrons. The lowest BCUT2D eigenvalue weighted by atomic mass is 9.93. The van der Waals surface area contributed by atoms with Crippen molar-refractivity contribution < 1.29 is 8.78 Å². The molecule has 2 aromatic carbocycles. The zero-order chi connectivity index (χ0) is 19.3. The van der Waals surface area contributed by atoms with Crippen LogP contribution < -0.4 is 5.32 Å². The third-order valence-electron chi connectivity index (χ3n) is 5.48. The van der Waals surface area contributed by atoms with Crippen LogP contribution in [-0.2, 0) is 7.05 Å². The number of nitrogens with one attached hydrogen (secondary N) is 1. The molecule has 7 heteroatoms. The molecule has 1 saturated heterocycles. The molecule has 142 valence electrons. The number of halogens is 2. The van der Waals surface area contributed by atoms with Crippen LogP contribution in [0.4, 0.5) is 8.78 Å². The number of hydrogen-bond donors (Lipinski definition) is 1. The maximum atomic E-state index is 15.0. The fourth-order valence-electron chi connectivity index (χ4n) is 3.99. The van der Waals surface area contributed by atoms with Gasteiger partial charge >= 0.3 is 0 Å². The number of rotatable bonds is 2. The molecule has 0 bridgehead atoms. The SMILES string of the molecule is Cn1cc2c(F)c(-c3cc(F)c4cc(C5CCNCC5)nnc4c3)ccc2n1. The number of fused-ring (bicyclic) bond motifs is 2. The van der Waals surface area contributed by atoms with E-state index in [0.717, 1.165) is 31.6 Å². The lowest BCUT2D eigenvalue weighted by Crippen LogP contribution is -2.27. The molecule has 1 aliphatic heterocycles. The van der Waals surface area contributed by atoms with Gasteiger partial charge in [0.2, 0.25) is 0 Å². The summed E-state index contributed by atoms with van der Waals surface area (Å²) in [5.74, 6) is -0.533. The molecule has 1 aliphatic rings. The Morgan fingerprint density at radius 3 is 2.64 bits per heavy atom. The predicted octanol–water partition coefficient (Wildman–Crippen LogP) is 3.93. The first-order valence-corrected chi connectivity index (χ1v) is 9.40. The highest BCUT2D eigenvalue weighted by molar-refractivity contribution is 5.89. The van der Waals surface area contributed by atoms with E-state index in [1.54, 1.807) is 42.2 Å². The van der Waals surface area contributed by atoms with E-state index in [9.17, 15) is 8.78 Å². The second kappa shape index (κ2) is 6.60. The number of benzene rings is 2. The van der Waals surface area contributed by atoms with Gasteiger partial charge in [0.25, 0.3) is 0 Å². The average Bonchev–Trinajstić information content (AvgIpc) is 3.10. The lowest BCUT2D eigenvalue weighted by Gasteiger charge is -2.21. The monoisotopic (exact) mass is 379 g/mol. The molecule has 0 amide bonds. The normalized spacial score (nSPS) is 15.5. The van der Waals surface area contributed by atoms with Crippen LogP contribution >= 0.6 is 0 Å². The van der Waals surface area contributed by atoms with Crippen molar-refractivity contribution in [3.63, 3.8) is 0 Å². The zero-order valence-corrected chi connectivity index (χ0v) is 15.4. The highest BCUT2D eigenvalue weighted by Gasteiger charge is 2.19. The van der Waals surface area contributed by atoms with Gasteiger partial charge in [-0.1, -0.05) is 0 Å². The molecular weight excluding hydrogens is 360 g/mol. The minimum Gasteiger partial charge on any atom is -0.317 e. The van der Waals surface area contributed by atoms with Crippen LogP contribution in [0.15, 0.2) is 36.5 Å². The molecule has 5 nitrogen and oxygen atoms in total. The standard InChI is InChI=1S/C21H19F2N5/c1-28-11-16-18(27-28)3-2-14(21(16)23)13-8-17(22)15-10-19(25-26-20(15)9-13)12-4-6-24-7-5-12/h2-3,8-12,24H,4-7H2,1H3. The zero-order valence-electron chi connectivity index (χ0n) is 15.4.